The molecule has 0 saturated carbocycles. The topological polar surface area (TPSA) is 58.3 Å². The van der Waals surface area contributed by atoms with Crippen molar-refractivity contribution in [2.45, 2.75) is 13.5 Å². The molecule has 0 saturated heterocycles. The van der Waals surface area contributed by atoms with E-state index >= 15 is 0 Å². The molecule has 0 aliphatic rings. The zero-order valence-electron chi connectivity index (χ0n) is 8.68. The summed E-state index contributed by atoms with van der Waals surface area (Å²) < 4.78 is 1.53. The highest BCUT2D eigenvalue weighted by molar-refractivity contribution is 6.30. The van der Waals surface area contributed by atoms with Gasteiger partial charge in [-0.25, -0.2) is 4.68 Å². The normalized spacial score (nSPS) is 10.7. The molecule has 0 unspecified atom stereocenters. The van der Waals surface area contributed by atoms with Crippen molar-refractivity contribution < 1.29 is 10.2 Å². The van der Waals surface area contributed by atoms with E-state index in [0.29, 0.717) is 16.4 Å². The summed E-state index contributed by atoms with van der Waals surface area (Å²) in [6.45, 7) is 1.65. The number of aryl methyl sites for hydroxylation is 1. The lowest BCUT2D eigenvalue weighted by atomic mass is 10.3. The standard InChI is InChI=1S/C11H11ClN2O2/c1-7-10(6-15)11(12)14(13-7)8-2-4-9(16)5-3-8/h2-5,15-16H,6H2,1H3. The van der Waals surface area contributed by atoms with Gasteiger partial charge >= 0.3 is 0 Å². The lowest BCUT2D eigenvalue weighted by molar-refractivity contribution is 0.281. The highest BCUT2D eigenvalue weighted by atomic mass is 35.5. The summed E-state index contributed by atoms with van der Waals surface area (Å²) in [4.78, 5) is 0. The van der Waals surface area contributed by atoms with Crippen molar-refractivity contribution in [2.75, 3.05) is 0 Å². The van der Waals surface area contributed by atoms with Crippen molar-refractivity contribution in [1.82, 2.24) is 9.78 Å². The Kier molecular flexibility index (Phi) is 2.85. The molecule has 1 aromatic carbocycles. The molecule has 0 radical (unpaired) electrons. The molecule has 0 amide bonds. The van der Waals surface area contributed by atoms with Crippen LogP contribution in [-0.2, 0) is 6.61 Å². The maximum Gasteiger partial charge on any atom is 0.138 e. The summed E-state index contributed by atoms with van der Waals surface area (Å²) in [6, 6.07) is 6.52. The average molecular weight is 239 g/mol. The van der Waals surface area contributed by atoms with E-state index in [0.717, 1.165) is 5.69 Å². The maximum atomic E-state index is 9.18. The van der Waals surface area contributed by atoms with E-state index in [9.17, 15) is 5.11 Å². The third-order valence-corrected chi connectivity index (χ3v) is 2.76. The molecule has 0 spiro atoms. The zero-order valence-corrected chi connectivity index (χ0v) is 9.44. The third-order valence-electron chi connectivity index (χ3n) is 2.37. The Bertz CT molecular complexity index is 505. The number of hydrogen-bond acceptors (Lipinski definition) is 3. The highest BCUT2D eigenvalue weighted by Crippen LogP contribution is 2.24. The minimum absolute atomic E-state index is 0.136. The van der Waals surface area contributed by atoms with Crippen LogP contribution in [-0.4, -0.2) is 20.0 Å². The second-order valence-electron chi connectivity index (χ2n) is 3.44. The maximum absolute atomic E-state index is 9.18. The molecule has 4 nitrogen and oxygen atoms in total. The Labute approximate surface area is 97.7 Å². The molecule has 2 rings (SSSR count). The molecule has 1 heterocycles. The van der Waals surface area contributed by atoms with E-state index in [1.165, 1.54) is 4.68 Å². The highest BCUT2D eigenvalue weighted by Gasteiger charge is 2.13. The number of rotatable bonds is 2. The summed E-state index contributed by atoms with van der Waals surface area (Å²) >= 11 is 6.08. The predicted molar refractivity (Wildman–Crippen MR) is 60.9 cm³/mol. The van der Waals surface area contributed by atoms with Gasteiger partial charge in [-0.05, 0) is 31.2 Å². The smallest absolute Gasteiger partial charge is 0.138 e. The van der Waals surface area contributed by atoms with E-state index in [1.807, 2.05) is 0 Å². The van der Waals surface area contributed by atoms with Crippen molar-refractivity contribution in [3.63, 3.8) is 0 Å². The minimum Gasteiger partial charge on any atom is -0.508 e. The third kappa shape index (κ3) is 1.77. The largest absolute Gasteiger partial charge is 0.508 e. The Balaban J connectivity index is 2.52. The van der Waals surface area contributed by atoms with Crippen LogP contribution in [0.5, 0.6) is 5.75 Å². The second-order valence-corrected chi connectivity index (χ2v) is 3.80. The van der Waals surface area contributed by atoms with Gasteiger partial charge in [-0.15, -0.1) is 0 Å². The van der Waals surface area contributed by atoms with Crippen LogP contribution < -0.4 is 0 Å². The van der Waals surface area contributed by atoms with E-state index < -0.39 is 0 Å². The summed E-state index contributed by atoms with van der Waals surface area (Å²) in [5.74, 6) is 0.186. The first-order valence-corrected chi connectivity index (χ1v) is 5.15. The number of benzene rings is 1. The fourth-order valence-corrected chi connectivity index (χ4v) is 1.81. The van der Waals surface area contributed by atoms with Gasteiger partial charge in [0.1, 0.15) is 10.9 Å². The molecule has 5 heteroatoms. The lowest BCUT2D eigenvalue weighted by Crippen LogP contribution is -1.96. The van der Waals surface area contributed by atoms with Gasteiger partial charge in [-0.2, -0.15) is 5.10 Å². The summed E-state index contributed by atoms with van der Waals surface area (Å²) in [7, 11) is 0. The fraction of sp³-hybridized carbons (Fsp3) is 0.182. The number of aromatic hydroxyl groups is 1. The van der Waals surface area contributed by atoms with Crippen LogP contribution in [0.4, 0.5) is 0 Å². The van der Waals surface area contributed by atoms with E-state index in [4.69, 9.17) is 16.7 Å². The molecular weight excluding hydrogens is 228 g/mol. The fourth-order valence-electron chi connectivity index (χ4n) is 1.48. The van der Waals surface area contributed by atoms with Crippen LogP contribution in [0.25, 0.3) is 5.69 Å². The first kappa shape index (κ1) is 11.0. The first-order valence-electron chi connectivity index (χ1n) is 4.77. The molecule has 1 aromatic heterocycles. The molecule has 16 heavy (non-hydrogen) atoms. The van der Waals surface area contributed by atoms with Gasteiger partial charge < -0.3 is 10.2 Å². The van der Waals surface area contributed by atoms with Crippen molar-refractivity contribution in [1.29, 1.82) is 0 Å². The molecule has 0 aliphatic carbocycles. The molecular formula is C11H11ClN2O2. The van der Waals surface area contributed by atoms with Gasteiger partial charge in [0.05, 0.1) is 18.0 Å². The van der Waals surface area contributed by atoms with Gasteiger partial charge in [0, 0.05) is 5.56 Å². The Morgan fingerprint density at radius 1 is 1.31 bits per heavy atom. The number of aliphatic hydroxyl groups excluding tert-OH is 1. The summed E-state index contributed by atoms with van der Waals surface area (Å²) in [5.41, 5.74) is 2.06. The van der Waals surface area contributed by atoms with Crippen LogP contribution in [0.1, 0.15) is 11.3 Å². The molecule has 0 bridgehead atoms. The van der Waals surface area contributed by atoms with Crippen LogP contribution in [0.15, 0.2) is 24.3 Å². The SMILES string of the molecule is Cc1nn(-c2ccc(O)cc2)c(Cl)c1CO. The molecule has 2 aromatic rings. The van der Waals surface area contributed by atoms with Crippen LogP contribution >= 0.6 is 11.6 Å². The van der Waals surface area contributed by atoms with Gasteiger partial charge in [-0.1, -0.05) is 11.6 Å². The number of halogens is 1. The van der Waals surface area contributed by atoms with Gasteiger partial charge in [-0.3, -0.25) is 0 Å². The number of hydrogen-bond donors (Lipinski definition) is 2. The van der Waals surface area contributed by atoms with Crippen LogP contribution in [0.2, 0.25) is 5.15 Å². The number of nitrogens with zero attached hydrogens (tertiary/aromatic N) is 2. The number of phenols is 1. The van der Waals surface area contributed by atoms with Crippen LogP contribution in [0, 0.1) is 6.92 Å². The Morgan fingerprint density at radius 3 is 2.44 bits per heavy atom. The van der Waals surface area contributed by atoms with Crippen molar-refractivity contribution >= 4 is 11.6 Å². The van der Waals surface area contributed by atoms with E-state index in [2.05, 4.69) is 5.10 Å². The second kappa shape index (κ2) is 4.15. The van der Waals surface area contributed by atoms with Gasteiger partial charge in [0.25, 0.3) is 0 Å². The molecule has 0 atom stereocenters. The Hall–Kier alpha value is -1.52. The zero-order chi connectivity index (χ0) is 11.7. The number of phenolic OH excluding ortho intramolecular Hbond substituents is 1. The van der Waals surface area contributed by atoms with E-state index in [-0.39, 0.29) is 12.4 Å². The molecule has 0 aliphatic heterocycles. The lowest BCUT2D eigenvalue weighted by Gasteiger charge is -2.03. The number of aromatic nitrogens is 2. The molecule has 84 valence electrons. The average Bonchev–Trinajstić information content (AvgIpc) is 2.55. The molecule has 0 fully saturated rings. The quantitative estimate of drug-likeness (QED) is 0.842. The van der Waals surface area contributed by atoms with Crippen molar-refractivity contribution in [3.8, 4) is 11.4 Å². The first-order chi connectivity index (χ1) is 7.63. The van der Waals surface area contributed by atoms with E-state index in [1.54, 1.807) is 31.2 Å². The monoisotopic (exact) mass is 238 g/mol. The van der Waals surface area contributed by atoms with Crippen molar-refractivity contribution in [2.24, 2.45) is 0 Å². The number of aliphatic hydroxyl groups is 1. The predicted octanol–water partition coefficient (Wildman–Crippen LogP) is 2.03. The summed E-state index contributed by atoms with van der Waals surface area (Å²) in [6.07, 6.45) is 0. The summed E-state index contributed by atoms with van der Waals surface area (Å²) in [5, 5.41) is 22.9. The van der Waals surface area contributed by atoms with Gasteiger partial charge in [0.2, 0.25) is 0 Å². The van der Waals surface area contributed by atoms with Gasteiger partial charge in [0.15, 0.2) is 0 Å². The minimum atomic E-state index is -0.136. The van der Waals surface area contributed by atoms with Crippen LogP contribution in [0.3, 0.4) is 0 Å². The molecule has 2 N–H and O–H groups in total. The van der Waals surface area contributed by atoms with Crippen molar-refractivity contribution in [3.05, 3.63) is 40.7 Å². The Morgan fingerprint density at radius 2 is 1.94 bits per heavy atom.